The van der Waals surface area contributed by atoms with E-state index in [2.05, 4.69) is 22.3 Å². The standard InChI is InChI=1S/C11H19N5O/c1-3-5-16-10(13-8-14-16)7-12-9-4-6-15(2)11(9)17/h8-9,12H,3-7H2,1-2H3. The van der Waals surface area contributed by atoms with Gasteiger partial charge in [0.1, 0.15) is 12.2 Å². The van der Waals surface area contributed by atoms with E-state index in [0.29, 0.717) is 6.54 Å². The van der Waals surface area contributed by atoms with Crippen LogP contribution < -0.4 is 5.32 Å². The van der Waals surface area contributed by atoms with Crippen LogP contribution in [0.1, 0.15) is 25.6 Å². The Kier molecular flexibility index (Phi) is 3.73. The van der Waals surface area contributed by atoms with E-state index in [1.807, 2.05) is 11.7 Å². The highest BCUT2D eigenvalue weighted by Gasteiger charge is 2.28. The van der Waals surface area contributed by atoms with Crippen molar-refractivity contribution in [3.63, 3.8) is 0 Å². The number of hydrogen-bond donors (Lipinski definition) is 1. The van der Waals surface area contributed by atoms with Gasteiger partial charge in [-0.15, -0.1) is 0 Å². The summed E-state index contributed by atoms with van der Waals surface area (Å²) >= 11 is 0. The van der Waals surface area contributed by atoms with E-state index in [9.17, 15) is 4.79 Å². The fourth-order valence-corrected chi connectivity index (χ4v) is 2.05. The molecule has 1 aliphatic heterocycles. The van der Waals surface area contributed by atoms with Crippen LogP contribution in [0.3, 0.4) is 0 Å². The molecule has 1 N–H and O–H groups in total. The third-order valence-electron chi connectivity index (χ3n) is 3.07. The first-order valence-electron chi connectivity index (χ1n) is 6.07. The molecule has 1 aromatic rings. The number of aromatic nitrogens is 3. The second-order valence-electron chi connectivity index (χ2n) is 4.38. The highest BCUT2D eigenvalue weighted by atomic mass is 16.2. The molecule has 1 aliphatic rings. The Bertz CT molecular complexity index is 389. The second-order valence-corrected chi connectivity index (χ2v) is 4.38. The predicted molar refractivity (Wildman–Crippen MR) is 63.2 cm³/mol. The molecule has 1 aromatic heterocycles. The summed E-state index contributed by atoms with van der Waals surface area (Å²) in [7, 11) is 1.84. The van der Waals surface area contributed by atoms with Crippen LogP contribution in [0.4, 0.5) is 0 Å². The maximum Gasteiger partial charge on any atom is 0.239 e. The van der Waals surface area contributed by atoms with Crippen LogP contribution >= 0.6 is 0 Å². The Morgan fingerprint density at radius 2 is 2.41 bits per heavy atom. The number of rotatable bonds is 5. The van der Waals surface area contributed by atoms with Gasteiger partial charge in [-0.1, -0.05) is 6.92 Å². The Morgan fingerprint density at radius 3 is 3.06 bits per heavy atom. The number of carbonyl (C=O) groups excluding carboxylic acids is 1. The van der Waals surface area contributed by atoms with Crippen molar-refractivity contribution >= 4 is 5.91 Å². The smallest absolute Gasteiger partial charge is 0.239 e. The quantitative estimate of drug-likeness (QED) is 0.783. The van der Waals surface area contributed by atoms with Crippen molar-refractivity contribution in [2.24, 2.45) is 0 Å². The van der Waals surface area contributed by atoms with E-state index in [4.69, 9.17) is 0 Å². The second kappa shape index (κ2) is 5.27. The zero-order chi connectivity index (χ0) is 12.3. The minimum Gasteiger partial charge on any atom is -0.344 e. The van der Waals surface area contributed by atoms with Crippen LogP contribution in [-0.2, 0) is 17.9 Å². The van der Waals surface area contributed by atoms with Crippen molar-refractivity contribution in [3.05, 3.63) is 12.2 Å². The lowest BCUT2D eigenvalue weighted by molar-refractivity contribution is -0.128. The van der Waals surface area contributed by atoms with Gasteiger partial charge in [0, 0.05) is 20.1 Å². The molecule has 17 heavy (non-hydrogen) atoms. The van der Waals surface area contributed by atoms with Crippen LogP contribution in [0, 0.1) is 0 Å². The monoisotopic (exact) mass is 237 g/mol. The zero-order valence-corrected chi connectivity index (χ0v) is 10.4. The van der Waals surface area contributed by atoms with Crippen LogP contribution in [0.2, 0.25) is 0 Å². The van der Waals surface area contributed by atoms with Crippen molar-refractivity contribution < 1.29 is 4.79 Å². The number of likely N-dealkylation sites (N-methyl/N-ethyl adjacent to an activating group) is 1. The van der Waals surface area contributed by atoms with Crippen LogP contribution in [0.15, 0.2) is 6.33 Å². The summed E-state index contributed by atoms with van der Waals surface area (Å²) in [6.07, 6.45) is 3.47. The molecular weight excluding hydrogens is 218 g/mol. The van der Waals surface area contributed by atoms with Crippen molar-refractivity contribution in [2.75, 3.05) is 13.6 Å². The third-order valence-corrected chi connectivity index (χ3v) is 3.07. The highest BCUT2D eigenvalue weighted by Crippen LogP contribution is 2.09. The average molecular weight is 237 g/mol. The van der Waals surface area contributed by atoms with Gasteiger partial charge >= 0.3 is 0 Å². The van der Waals surface area contributed by atoms with Crippen molar-refractivity contribution in [1.82, 2.24) is 25.0 Å². The Balaban J connectivity index is 1.89. The summed E-state index contributed by atoms with van der Waals surface area (Å²) in [5.74, 6) is 1.07. The van der Waals surface area contributed by atoms with Crippen LogP contribution in [0.5, 0.6) is 0 Å². The number of nitrogens with one attached hydrogen (secondary N) is 1. The third kappa shape index (κ3) is 2.63. The molecule has 1 atom stereocenters. The lowest BCUT2D eigenvalue weighted by Gasteiger charge is -2.12. The van der Waals surface area contributed by atoms with Gasteiger partial charge in [-0.05, 0) is 12.8 Å². The number of nitrogens with zero attached hydrogens (tertiary/aromatic N) is 4. The number of hydrogen-bond acceptors (Lipinski definition) is 4. The lowest BCUT2D eigenvalue weighted by Crippen LogP contribution is -2.37. The predicted octanol–water partition coefficient (Wildman–Crippen LogP) is 0.00840. The molecule has 0 bridgehead atoms. The minimum atomic E-state index is -0.0632. The molecule has 0 aliphatic carbocycles. The SMILES string of the molecule is CCCn1ncnc1CNC1CCN(C)C1=O. The van der Waals surface area contributed by atoms with Crippen molar-refractivity contribution in [1.29, 1.82) is 0 Å². The molecule has 2 heterocycles. The van der Waals surface area contributed by atoms with E-state index in [1.54, 1.807) is 11.2 Å². The fourth-order valence-electron chi connectivity index (χ4n) is 2.05. The fraction of sp³-hybridized carbons (Fsp3) is 0.727. The molecule has 1 fully saturated rings. The first kappa shape index (κ1) is 12.0. The molecule has 1 unspecified atom stereocenters. The van der Waals surface area contributed by atoms with Crippen molar-refractivity contribution in [3.8, 4) is 0 Å². The maximum absolute atomic E-state index is 11.7. The minimum absolute atomic E-state index is 0.0632. The molecule has 94 valence electrons. The molecule has 0 saturated carbocycles. The lowest BCUT2D eigenvalue weighted by atomic mass is 10.2. The van der Waals surface area contributed by atoms with Gasteiger partial charge in [0.25, 0.3) is 0 Å². The molecular formula is C11H19N5O. The number of aryl methyl sites for hydroxylation is 1. The summed E-state index contributed by atoms with van der Waals surface area (Å²) in [5, 5.41) is 7.40. The van der Waals surface area contributed by atoms with Crippen LogP contribution in [0.25, 0.3) is 0 Å². The summed E-state index contributed by atoms with van der Waals surface area (Å²) < 4.78 is 1.89. The maximum atomic E-state index is 11.7. The Hall–Kier alpha value is -1.43. The van der Waals surface area contributed by atoms with E-state index >= 15 is 0 Å². The summed E-state index contributed by atoms with van der Waals surface area (Å²) in [6.45, 7) is 4.41. The van der Waals surface area contributed by atoms with Gasteiger partial charge in [0.15, 0.2) is 0 Å². The average Bonchev–Trinajstić information content (AvgIpc) is 2.87. The number of amides is 1. The summed E-state index contributed by atoms with van der Waals surface area (Å²) in [5.41, 5.74) is 0. The number of carbonyl (C=O) groups is 1. The molecule has 2 rings (SSSR count). The largest absolute Gasteiger partial charge is 0.344 e. The van der Waals surface area contributed by atoms with Gasteiger partial charge in [-0.25, -0.2) is 9.67 Å². The van der Waals surface area contributed by atoms with E-state index < -0.39 is 0 Å². The van der Waals surface area contributed by atoms with Crippen LogP contribution in [-0.4, -0.2) is 45.2 Å². The molecule has 0 radical (unpaired) electrons. The molecule has 6 nitrogen and oxygen atoms in total. The van der Waals surface area contributed by atoms with Gasteiger partial charge in [-0.2, -0.15) is 5.10 Å². The number of likely N-dealkylation sites (tertiary alicyclic amines) is 1. The topological polar surface area (TPSA) is 63.1 Å². The zero-order valence-electron chi connectivity index (χ0n) is 10.4. The molecule has 0 aromatic carbocycles. The summed E-state index contributed by atoms with van der Waals surface area (Å²) in [4.78, 5) is 17.7. The Morgan fingerprint density at radius 1 is 1.59 bits per heavy atom. The van der Waals surface area contributed by atoms with Gasteiger partial charge in [-0.3, -0.25) is 10.1 Å². The first-order chi connectivity index (χ1) is 8.22. The molecule has 0 spiro atoms. The van der Waals surface area contributed by atoms with Gasteiger partial charge in [0.2, 0.25) is 5.91 Å². The van der Waals surface area contributed by atoms with Gasteiger partial charge in [0.05, 0.1) is 12.6 Å². The first-order valence-corrected chi connectivity index (χ1v) is 6.07. The highest BCUT2D eigenvalue weighted by molar-refractivity contribution is 5.83. The van der Waals surface area contributed by atoms with E-state index in [0.717, 1.165) is 31.8 Å². The van der Waals surface area contributed by atoms with E-state index in [1.165, 1.54) is 0 Å². The van der Waals surface area contributed by atoms with Crippen molar-refractivity contribution in [2.45, 2.75) is 38.9 Å². The normalized spacial score (nSPS) is 20.2. The van der Waals surface area contributed by atoms with Gasteiger partial charge < -0.3 is 4.90 Å². The van der Waals surface area contributed by atoms with E-state index in [-0.39, 0.29) is 11.9 Å². The molecule has 6 heteroatoms. The summed E-state index contributed by atoms with van der Waals surface area (Å²) in [6, 6.07) is -0.0632. The molecule has 1 saturated heterocycles. The molecule has 1 amide bonds. The Labute approximate surface area is 101 Å².